The Morgan fingerprint density at radius 2 is 2.00 bits per heavy atom. The quantitative estimate of drug-likeness (QED) is 0.918. The van der Waals surface area contributed by atoms with Crippen LogP contribution in [0.5, 0.6) is 0 Å². The molecule has 0 radical (unpaired) electrons. The third kappa shape index (κ3) is 3.09. The fourth-order valence-electron chi connectivity index (χ4n) is 1.60. The van der Waals surface area contributed by atoms with Crippen LogP contribution in [0.1, 0.15) is 11.1 Å². The maximum absolute atomic E-state index is 13.5. The Morgan fingerprint density at radius 3 is 2.68 bits per heavy atom. The molecule has 0 aliphatic rings. The first kappa shape index (κ1) is 13.5. The van der Waals surface area contributed by atoms with Crippen LogP contribution in [0, 0.1) is 23.0 Å². The summed E-state index contributed by atoms with van der Waals surface area (Å²) < 4.78 is 27.2. The standard InChI is InChI=1S/C14H9BrF2N2/c15-11-6-9(7-18)4-5-13(11)19-8-10-2-1-3-12(16)14(10)17/h1-6,19H,8H2. The van der Waals surface area contributed by atoms with Gasteiger partial charge in [-0.3, -0.25) is 0 Å². The van der Waals surface area contributed by atoms with Gasteiger partial charge in [0.25, 0.3) is 0 Å². The van der Waals surface area contributed by atoms with Crippen molar-refractivity contribution in [1.82, 2.24) is 0 Å². The molecule has 1 N–H and O–H groups in total. The maximum Gasteiger partial charge on any atom is 0.163 e. The summed E-state index contributed by atoms with van der Waals surface area (Å²) in [6, 6.07) is 11.1. The van der Waals surface area contributed by atoms with Crippen molar-refractivity contribution in [2.75, 3.05) is 5.32 Å². The monoisotopic (exact) mass is 322 g/mol. The van der Waals surface area contributed by atoms with E-state index in [1.807, 2.05) is 6.07 Å². The Kier molecular flexibility index (Phi) is 4.13. The van der Waals surface area contributed by atoms with E-state index in [1.54, 1.807) is 18.2 Å². The van der Waals surface area contributed by atoms with Crippen LogP contribution >= 0.6 is 15.9 Å². The Balaban J connectivity index is 2.15. The van der Waals surface area contributed by atoms with Crippen molar-refractivity contribution in [1.29, 1.82) is 5.26 Å². The number of hydrogen-bond donors (Lipinski definition) is 1. The number of benzene rings is 2. The highest BCUT2D eigenvalue weighted by Crippen LogP contribution is 2.24. The molecule has 0 saturated carbocycles. The second kappa shape index (κ2) is 5.81. The van der Waals surface area contributed by atoms with Crippen molar-refractivity contribution < 1.29 is 8.78 Å². The van der Waals surface area contributed by atoms with E-state index in [1.165, 1.54) is 12.1 Å². The molecular weight excluding hydrogens is 314 g/mol. The third-order valence-corrected chi connectivity index (χ3v) is 3.26. The zero-order chi connectivity index (χ0) is 13.8. The normalized spacial score (nSPS) is 10.0. The highest BCUT2D eigenvalue weighted by molar-refractivity contribution is 9.10. The lowest BCUT2D eigenvalue weighted by Crippen LogP contribution is -2.03. The molecule has 0 amide bonds. The Bertz CT molecular complexity index is 650. The first-order valence-corrected chi connectivity index (χ1v) is 6.27. The molecule has 0 spiro atoms. The predicted octanol–water partition coefficient (Wildman–Crippen LogP) is 4.21. The van der Waals surface area contributed by atoms with Crippen molar-refractivity contribution in [2.24, 2.45) is 0 Å². The number of anilines is 1. The molecule has 0 aromatic heterocycles. The zero-order valence-electron chi connectivity index (χ0n) is 9.75. The van der Waals surface area contributed by atoms with Gasteiger partial charge in [-0.1, -0.05) is 12.1 Å². The largest absolute Gasteiger partial charge is 0.380 e. The smallest absolute Gasteiger partial charge is 0.163 e. The molecular formula is C14H9BrF2N2. The molecule has 0 fully saturated rings. The number of nitrogens with one attached hydrogen (secondary N) is 1. The second-order valence-corrected chi connectivity index (χ2v) is 4.73. The molecule has 0 bridgehead atoms. The van der Waals surface area contributed by atoms with E-state index in [4.69, 9.17) is 5.26 Å². The van der Waals surface area contributed by atoms with Crippen LogP contribution < -0.4 is 5.32 Å². The van der Waals surface area contributed by atoms with Gasteiger partial charge in [0.05, 0.1) is 11.6 Å². The van der Waals surface area contributed by atoms with Gasteiger partial charge in [-0.15, -0.1) is 0 Å². The fourth-order valence-corrected chi connectivity index (χ4v) is 2.12. The number of halogens is 3. The van der Waals surface area contributed by atoms with Crippen LogP contribution in [0.15, 0.2) is 40.9 Å². The molecule has 2 nitrogen and oxygen atoms in total. The molecule has 96 valence electrons. The molecule has 2 aromatic carbocycles. The summed E-state index contributed by atoms with van der Waals surface area (Å²) in [5, 5.41) is 11.7. The maximum atomic E-state index is 13.5. The van der Waals surface area contributed by atoms with Crippen molar-refractivity contribution in [3.8, 4) is 6.07 Å². The molecule has 2 rings (SSSR count). The fraction of sp³-hybridized carbons (Fsp3) is 0.0714. The lowest BCUT2D eigenvalue weighted by atomic mass is 10.2. The summed E-state index contributed by atoms with van der Waals surface area (Å²) >= 11 is 3.31. The van der Waals surface area contributed by atoms with Crippen LogP contribution in [-0.4, -0.2) is 0 Å². The molecule has 2 aromatic rings. The SMILES string of the molecule is N#Cc1ccc(NCc2cccc(F)c2F)c(Br)c1. The summed E-state index contributed by atoms with van der Waals surface area (Å²) in [6.45, 7) is 0.161. The van der Waals surface area contributed by atoms with Gasteiger partial charge >= 0.3 is 0 Å². The van der Waals surface area contributed by atoms with E-state index < -0.39 is 11.6 Å². The van der Waals surface area contributed by atoms with E-state index in [0.29, 0.717) is 15.7 Å². The highest BCUT2D eigenvalue weighted by atomic mass is 79.9. The molecule has 5 heteroatoms. The van der Waals surface area contributed by atoms with Crippen LogP contribution in [0.4, 0.5) is 14.5 Å². The number of nitrogens with zero attached hydrogens (tertiary/aromatic N) is 1. The predicted molar refractivity (Wildman–Crippen MR) is 72.5 cm³/mol. The molecule has 19 heavy (non-hydrogen) atoms. The van der Waals surface area contributed by atoms with Crippen molar-refractivity contribution in [3.05, 3.63) is 63.6 Å². The molecule has 0 aliphatic heterocycles. The van der Waals surface area contributed by atoms with Crippen molar-refractivity contribution in [3.63, 3.8) is 0 Å². The summed E-state index contributed by atoms with van der Waals surface area (Å²) in [5.74, 6) is -1.71. The Morgan fingerprint density at radius 1 is 1.21 bits per heavy atom. The first-order chi connectivity index (χ1) is 9.11. The van der Waals surface area contributed by atoms with Gasteiger partial charge in [0.2, 0.25) is 0 Å². The van der Waals surface area contributed by atoms with E-state index >= 15 is 0 Å². The average molecular weight is 323 g/mol. The van der Waals surface area contributed by atoms with E-state index in [9.17, 15) is 8.78 Å². The van der Waals surface area contributed by atoms with E-state index in [-0.39, 0.29) is 12.1 Å². The van der Waals surface area contributed by atoms with Gasteiger partial charge in [0.15, 0.2) is 11.6 Å². The summed E-state index contributed by atoms with van der Waals surface area (Å²) in [7, 11) is 0. The van der Waals surface area contributed by atoms with Gasteiger partial charge < -0.3 is 5.32 Å². The van der Waals surface area contributed by atoms with E-state index in [0.717, 1.165) is 6.07 Å². The number of rotatable bonds is 3. The molecule has 0 heterocycles. The lowest BCUT2D eigenvalue weighted by molar-refractivity contribution is 0.500. The summed E-state index contributed by atoms with van der Waals surface area (Å²) in [5.41, 5.74) is 1.48. The van der Waals surface area contributed by atoms with Crippen molar-refractivity contribution in [2.45, 2.75) is 6.54 Å². The van der Waals surface area contributed by atoms with Gasteiger partial charge in [0.1, 0.15) is 0 Å². The third-order valence-electron chi connectivity index (χ3n) is 2.60. The topological polar surface area (TPSA) is 35.8 Å². The van der Waals surface area contributed by atoms with Crippen molar-refractivity contribution >= 4 is 21.6 Å². The highest BCUT2D eigenvalue weighted by Gasteiger charge is 2.08. The number of hydrogen-bond acceptors (Lipinski definition) is 2. The average Bonchev–Trinajstić information content (AvgIpc) is 2.41. The van der Waals surface area contributed by atoms with Crippen LogP contribution in [-0.2, 0) is 6.54 Å². The minimum Gasteiger partial charge on any atom is -0.380 e. The Hall–Kier alpha value is -1.93. The summed E-state index contributed by atoms with van der Waals surface area (Å²) in [6.07, 6.45) is 0. The molecule has 0 unspecified atom stereocenters. The van der Waals surface area contributed by atoms with Crippen LogP contribution in [0.3, 0.4) is 0 Å². The molecule has 0 saturated heterocycles. The lowest BCUT2D eigenvalue weighted by Gasteiger charge is -2.09. The minimum atomic E-state index is -0.863. The zero-order valence-corrected chi connectivity index (χ0v) is 11.3. The van der Waals surface area contributed by atoms with E-state index in [2.05, 4.69) is 21.2 Å². The second-order valence-electron chi connectivity index (χ2n) is 3.87. The van der Waals surface area contributed by atoms with Gasteiger partial charge in [-0.05, 0) is 40.2 Å². The van der Waals surface area contributed by atoms with Crippen LogP contribution in [0.2, 0.25) is 0 Å². The number of nitriles is 1. The molecule has 0 aliphatic carbocycles. The molecule has 0 atom stereocenters. The van der Waals surface area contributed by atoms with Crippen LogP contribution in [0.25, 0.3) is 0 Å². The van der Waals surface area contributed by atoms with Gasteiger partial charge in [0, 0.05) is 22.3 Å². The minimum absolute atomic E-state index is 0.161. The Labute approximate surface area is 117 Å². The summed E-state index contributed by atoms with van der Waals surface area (Å²) in [4.78, 5) is 0. The van der Waals surface area contributed by atoms with Gasteiger partial charge in [-0.2, -0.15) is 5.26 Å². The first-order valence-electron chi connectivity index (χ1n) is 5.48. The van der Waals surface area contributed by atoms with Gasteiger partial charge in [-0.25, -0.2) is 8.78 Å².